The topological polar surface area (TPSA) is 60.7 Å². The number of fused-ring (bicyclic) bond motifs is 1. The van der Waals surface area contributed by atoms with Crippen molar-refractivity contribution in [1.82, 2.24) is 19.5 Å². The molecule has 0 aliphatic carbocycles. The van der Waals surface area contributed by atoms with E-state index >= 15 is 0 Å². The molecule has 3 aromatic heterocycles. The van der Waals surface area contributed by atoms with Crippen molar-refractivity contribution < 1.29 is 4.39 Å². The summed E-state index contributed by atoms with van der Waals surface area (Å²) in [6.45, 7) is 5.77. The van der Waals surface area contributed by atoms with Crippen molar-refractivity contribution in [3.63, 3.8) is 0 Å². The Hall–Kier alpha value is -1.47. The Labute approximate surface area is 171 Å². The Morgan fingerprint density at radius 3 is 2.42 bits per heavy atom. The third-order valence-electron chi connectivity index (χ3n) is 3.66. The molecule has 0 N–H and O–H groups in total. The van der Waals surface area contributed by atoms with Crippen LogP contribution in [0, 0.1) is 12.7 Å². The van der Waals surface area contributed by atoms with Crippen molar-refractivity contribution in [3.8, 4) is 5.69 Å². The highest BCUT2D eigenvalue weighted by Gasteiger charge is 2.20. The molecule has 3 rings (SSSR count). The highest BCUT2D eigenvalue weighted by molar-refractivity contribution is 6.34. The van der Waals surface area contributed by atoms with Crippen LogP contribution in [-0.2, 0) is 0 Å². The Morgan fingerprint density at radius 2 is 1.81 bits per heavy atom. The second kappa shape index (κ2) is 8.48. The van der Waals surface area contributed by atoms with E-state index in [9.17, 15) is 9.18 Å². The monoisotopic (exact) mass is 438 g/mol. The summed E-state index contributed by atoms with van der Waals surface area (Å²) in [4.78, 5) is 24.7. The Kier molecular flexibility index (Phi) is 7.36. The summed E-state index contributed by atoms with van der Waals surface area (Å²) in [6.07, 6.45) is 1.67. The number of halogens is 5. The van der Waals surface area contributed by atoms with Gasteiger partial charge >= 0.3 is 5.69 Å². The number of aryl methyl sites for hydroxylation is 1. The van der Waals surface area contributed by atoms with E-state index in [4.69, 9.17) is 23.2 Å². The molecular formula is C16H15Cl4FN4O. The molecule has 0 aromatic carbocycles. The zero-order chi connectivity index (χ0) is 17.6. The average molecular weight is 440 g/mol. The van der Waals surface area contributed by atoms with E-state index in [1.807, 2.05) is 20.8 Å². The summed E-state index contributed by atoms with van der Waals surface area (Å²) >= 11 is 11.8. The fraction of sp³-hybridized carbons (Fsp3) is 0.250. The van der Waals surface area contributed by atoms with E-state index in [0.29, 0.717) is 11.4 Å². The van der Waals surface area contributed by atoms with Gasteiger partial charge in [-0.1, -0.05) is 37.0 Å². The lowest BCUT2D eigenvalue weighted by Crippen LogP contribution is -2.25. The van der Waals surface area contributed by atoms with E-state index in [-0.39, 0.29) is 52.1 Å². The SMILES string of the molecule is Cc1ccnc(C(C)C)c1-n1c(=O)nc(Cl)c2cc(F)c(Cl)nc21.Cl.Cl. The summed E-state index contributed by atoms with van der Waals surface area (Å²) in [5.74, 6) is -0.682. The molecule has 3 heterocycles. The summed E-state index contributed by atoms with van der Waals surface area (Å²) < 4.78 is 15.1. The van der Waals surface area contributed by atoms with Crippen LogP contribution in [0.5, 0.6) is 0 Å². The lowest BCUT2D eigenvalue weighted by atomic mass is 10.0. The van der Waals surface area contributed by atoms with Gasteiger partial charge in [0, 0.05) is 6.20 Å². The second-order valence-corrected chi connectivity index (χ2v) is 6.39. The first-order valence-corrected chi connectivity index (χ1v) is 7.97. The molecule has 0 saturated heterocycles. The van der Waals surface area contributed by atoms with Gasteiger partial charge in [0.1, 0.15) is 5.15 Å². The summed E-state index contributed by atoms with van der Waals surface area (Å²) in [7, 11) is 0. The van der Waals surface area contributed by atoms with Crippen LogP contribution in [0.4, 0.5) is 4.39 Å². The largest absolute Gasteiger partial charge is 0.355 e. The van der Waals surface area contributed by atoms with Gasteiger partial charge in [0.15, 0.2) is 16.6 Å². The molecule has 0 atom stereocenters. The minimum atomic E-state index is -0.731. The van der Waals surface area contributed by atoms with Crippen LogP contribution in [0.15, 0.2) is 23.1 Å². The van der Waals surface area contributed by atoms with Crippen LogP contribution in [0.25, 0.3) is 16.7 Å². The smallest absolute Gasteiger partial charge is 0.259 e. The summed E-state index contributed by atoms with van der Waals surface area (Å²) in [5, 5.41) is -0.261. The lowest BCUT2D eigenvalue weighted by molar-refractivity contribution is 0.624. The maximum absolute atomic E-state index is 13.8. The standard InChI is InChI=1S/C16H13Cl2FN4O.2ClH/c1-7(2)11-12(8(3)4-5-20-11)23-15-9(13(17)22-16(23)24)6-10(19)14(18)21-15;;/h4-7H,1-3H3;2*1H. The van der Waals surface area contributed by atoms with Crippen LogP contribution in [0.3, 0.4) is 0 Å². The molecule has 26 heavy (non-hydrogen) atoms. The molecule has 0 radical (unpaired) electrons. The maximum atomic E-state index is 13.8. The van der Waals surface area contributed by atoms with Crippen molar-refractivity contribution in [2.45, 2.75) is 26.7 Å². The minimum Gasteiger partial charge on any atom is -0.259 e. The molecule has 0 spiro atoms. The highest BCUT2D eigenvalue weighted by atomic mass is 35.5. The second-order valence-electron chi connectivity index (χ2n) is 5.67. The number of nitrogens with zero attached hydrogens (tertiary/aromatic N) is 4. The molecule has 5 nitrogen and oxygen atoms in total. The first-order valence-electron chi connectivity index (χ1n) is 7.21. The third kappa shape index (κ3) is 3.78. The van der Waals surface area contributed by atoms with Crippen molar-refractivity contribution in [2.75, 3.05) is 0 Å². The van der Waals surface area contributed by atoms with E-state index < -0.39 is 11.5 Å². The van der Waals surface area contributed by atoms with Crippen molar-refractivity contribution in [3.05, 3.63) is 56.2 Å². The van der Waals surface area contributed by atoms with E-state index in [1.165, 1.54) is 4.57 Å². The molecule has 0 unspecified atom stereocenters. The lowest BCUT2D eigenvalue weighted by Gasteiger charge is -2.17. The highest BCUT2D eigenvalue weighted by Crippen LogP contribution is 2.28. The first-order chi connectivity index (χ1) is 11.3. The van der Waals surface area contributed by atoms with Crippen LogP contribution in [-0.4, -0.2) is 19.5 Å². The number of aromatic nitrogens is 4. The van der Waals surface area contributed by atoms with Crippen molar-refractivity contribution >= 4 is 59.0 Å². The number of hydrogen-bond donors (Lipinski definition) is 0. The Balaban J connectivity index is 0.00000169. The van der Waals surface area contributed by atoms with Crippen LogP contribution >= 0.6 is 48.0 Å². The predicted octanol–water partition coefficient (Wildman–Crippen LogP) is 4.90. The maximum Gasteiger partial charge on any atom is 0.355 e. The zero-order valence-electron chi connectivity index (χ0n) is 14.0. The first kappa shape index (κ1) is 22.6. The number of rotatable bonds is 2. The molecular weight excluding hydrogens is 425 g/mol. The molecule has 0 amide bonds. The minimum absolute atomic E-state index is 0. The molecule has 3 aromatic rings. The fourth-order valence-corrected chi connectivity index (χ4v) is 2.90. The quantitative estimate of drug-likeness (QED) is 0.421. The fourth-order valence-electron chi connectivity index (χ4n) is 2.55. The summed E-state index contributed by atoms with van der Waals surface area (Å²) in [6, 6.07) is 2.90. The van der Waals surface area contributed by atoms with Crippen molar-refractivity contribution in [1.29, 1.82) is 0 Å². The molecule has 0 aliphatic heterocycles. The van der Waals surface area contributed by atoms with Gasteiger partial charge in [-0.3, -0.25) is 4.98 Å². The number of hydrogen-bond acceptors (Lipinski definition) is 4. The third-order valence-corrected chi connectivity index (χ3v) is 4.21. The van der Waals surface area contributed by atoms with Gasteiger partial charge < -0.3 is 0 Å². The average Bonchev–Trinajstić information content (AvgIpc) is 2.50. The van der Waals surface area contributed by atoms with Gasteiger partial charge in [-0.25, -0.2) is 18.7 Å². The summed E-state index contributed by atoms with van der Waals surface area (Å²) in [5.41, 5.74) is 1.58. The van der Waals surface area contributed by atoms with Crippen molar-refractivity contribution in [2.24, 2.45) is 0 Å². The van der Waals surface area contributed by atoms with E-state index in [1.54, 1.807) is 12.3 Å². The molecule has 140 valence electrons. The van der Waals surface area contributed by atoms with Crippen LogP contribution in [0.1, 0.15) is 31.0 Å². The molecule has 10 heteroatoms. The number of pyridine rings is 2. The van der Waals surface area contributed by atoms with Gasteiger partial charge in [0.2, 0.25) is 0 Å². The van der Waals surface area contributed by atoms with Gasteiger partial charge in [-0.15, -0.1) is 24.8 Å². The van der Waals surface area contributed by atoms with Gasteiger partial charge in [0.05, 0.1) is 16.8 Å². The van der Waals surface area contributed by atoms with Gasteiger partial charge in [-0.2, -0.15) is 4.98 Å². The van der Waals surface area contributed by atoms with E-state index in [2.05, 4.69) is 15.0 Å². The van der Waals surface area contributed by atoms with Gasteiger partial charge in [-0.05, 0) is 30.5 Å². The Morgan fingerprint density at radius 1 is 1.15 bits per heavy atom. The van der Waals surface area contributed by atoms with Gasteiger partial charge in [0.25, 0.3) is 0 Å². The predicted molar refractivity (Wildman–Crippen MR) is 106 cm³/mol. The molecule has 0 aliphatic rings. The Bertz CT molecular complexity index is 1020. The van der Waals surface area contributed by atoms with Crippen LogP contribution < -0.4 is 5.69 Å². The molecule has 0 saturated carbocycles. The van der Waals surface area contributed by atoms with Crippen LogP contribution in [0.2, 0.25) is 10.3 Å². The molecule has 0 bridgehead atoms. The van der Waals surface area contributed by atoms with E-state index in [0.717, 1.165) is 11.6 Å². The molecule has 0 fully saturated rings. The normalized spacial score (nSPS) is 10.6. The zero-order valence-corrected chi connectivity index (χ0v) is 17.1.